The van der Waals surface area contributed by atoms with Gasteiger partial charge >= 0.3 is 0 Å². The van der Waals surface area contributed by atoms with Crippen molar-refractivity contribution in [3.8, 4) is 5.75 Å². The van der Waals surface area contributed by atoms with Crippen molar-refractivity contribution in [2.75, 3.05) is 26.7 Å². The fraction of sp³-hybridized carbons (Fsp3) is 0.364. The molecule has 0 aliphatic carbocycles. The molecule has 0 amide bonds. The molecule has 4 heteroatoms. The van der Waals surface area contributed by atoms with Crippen molar-refractivity contribution in [3.05, 3.63) is 65.9 Å². The molecule has 1 atom stereocenters. The summed E-state index contributed by atoms with van der Waals surface area (Å²) in [5.41, 5.74) is 3.85. The molecule has 0 radical (unpaired) electrons. The minimum atomic E-state index is 0.392. The van der Waals surface area contributed by atoms with Crippen molar-refractivity contribution >= 4 is 10.9 Å². The third-order valence-corrected chi connectivity index (χ3v) is 5.34. The lowest BCUT2D eigenvalue weighted by molar-refractivity contribution is 0.238. The number of ether oxygens (including phenoxy) is 1. The van der Waals surface area contributed by atoms with Gasteiger partial charge in [0, 0.05) is 30.8 Å². The first-order valence-electron chi connectivity index (χ1n) is 9.48. The van der Waals surface area contributed by atoms with E-state index in [2.05, 4.69) is 57.7 Å². The number of benzene rings is 2. The highest BCUT2D eigenvalue weighted by Gasteiger charge is 2.23. The van der Waals surface area contributed by atoms with Gasteiger partial charge in [-0.3, -0.25) is 4.90 Å². The fourth-order valence-electron chi connectivity index (χ4n) is 3.93. The first-order valence-corrected chi connectivity index (χ1v) is 9.48. The highest BCUT2D eigenvalue weighted by atomic mass is 16.5. The molecule has 1 aromatic heterocycles. The minimum absolute atomic E-state index is 0.392. The Hall–Kier alpha value is -2.30. The molecule has 4 rings (SSSR count). The summed E-state index contributed by atoms with van der Waals surface area (Å²) in [7, 11) is 1.74. The smallest absolute Gasteiger partial charge is 0.119 e. The van der Waals surface area contributed by atoms with E-state index < -0.39 is 0 Å². The summed E-state index contributed by atoms with van der Waals surface area (Å²) in [5.74, 6) is 0.935. The van der Waals surface area contributed by atoms with Crippen LogP contribution in [-0.4, -0.2) is 36.6 Å². The molecule has 136 valence electrons. The number of nitrogens with one attached hydrogen (secondary N) is 2. The zero-order valence-electron chi connectivity index (χ0n) is 15.4. The second-order valence-electron chi connectivity index (χ2n) is 7.07. The van der Waals surface area contributed by atoms with Crippen molar-refractivity contribution in [1.29, 1.82) is 0 Å². The SMILES string of the molecule is COc1cccc([C@H](CNCc2ccc3[nH]ccc3c2)N2CCCC2)c1. The van der Waals surface area contributed by atoms with Gasteiger partial charge in [-0.05, 0) is 72.8 Å². The molecule has 0 bridgehead atoms. The number of fused-ring (bicyclic) bond motifs is 1. The average Bonchev–Trinajstić information content (AvgIpc) is 3.36. The van der Waals surface area contributed by atoms with Gasteiger partial charge < -0.3 is 15.0 Å². The molecule has 2 heterocycles. The van der Waals surface area contributed by atoms with Crippen LogP contribution in [0.5, 0.6) is 5.75 Å². The number of H-pyrrole nitrogens is 1. The van der Waals surface area contributed by atoms with E-state index in [0.717, 1.165) is 18.8 Å². The summed E-state index contributed by atoms with van der Waals surface area (Å²) in [6.07, 6.45) is 4.59. The second kappa shape index (κ2) is 7.94. The van der Waals surface area contributed by atoms with Gasteiger partial charge in [0.2, 0.25) is 0 Å². The van der Waals surface area contributed by atoms with Crippen molar-refractivity contribution in [2.24, 2.45) is 0 Å². The molecule has 3 aromatic rings. The molecule has 2 N–H and O–H groups in total. The summed E-state index contributed by atoms with van der Waals surface area (Å²) >= 11 is 0. The van der Waals surface area contributed by atoms with Gasteiger partial charge in [0.25, 0.3) is 0 Å². The van der Waals surface area contributed by atoms with Crippen LogP contribution in [0.1, 0.15) is 30.0 Å². The normalized spacial score (nSPS) is 16.2. The van der Waals surface area contributed by atoms with Gasteiger partial charge in [-0.15, -0.1) is 0 Å². The number of aromatic amines is 1. The Balaban J connectivity index is 1.45. The molecular formula is C22H27N3O. The van der Waals surface area contributed by atoms with E-state index in [1.165, 1.54) is 48.0 Å². The quantitative estimate of drug-likeness (QED) is 0.674. The highest BCUT2D eigenvalue weighted by Crippen LogP contribution is 2.27. The van der Waals surface area contributed by atoms with Crippen LogP contribution in [-0.2, 0) is 6.54 Å². The van der Waals surface area contributed by atoms with E-state index in [1.807, 2.05) is 12.3 Å². The van der Waals surface area contributed by atoms with E-state index in [1.54, 1.807) is 7.11 Å². The van der Waals surface area contributed by atoms with Crippen LogP contribution in [0.2, 0.25) is 0 Å². The Kier molecular flexibility index (Phi) is 5.23. The maximum atomic E-state index is 5.43. The number of methoxy groups -OCH3 is 1. The molecule has 1 aliphatic rings. The van der Waals surface area contributed by atoms with Crippen LogP contribution in [0.4, 0.5) is 0 Å². The Morgan fingerprint density at radius 2 is 2.00 bits per heavy atom. The minimum Gasteiger partial charge on any atom is -0.497 e. The van der Waals surface area contributed by atoms with Crippen molar-refractivity contribution in [2.45, 2.75) is 25.4 Å². The number of likely N-dealkylation sites (tertiary alicyclic amines) is 1. The molecule has 0 unspecified atom stereocenters. The Labute approximate surface area is 155 Å². The van der Waals surface area contributed by atoms with Gasteiger partial charge in [-0.2, -0.15) is 0 Å². The van der Waals surface area contributed by atoms with Gasteiger partial charge in [-0.1, -0.05) is 18.2 Å². The molecule has 1 saturated heterocycles. The lowest BCUT2D eigenvalue weighted by atomic mass is 10.0. The maximum Gasteiger partial charge on any atom is 0.119 e. The standard InChI is InChI=1S/C22H27N3O/c1-26-20-6-4-5-19(14-20)22(25-11-2-3-12-25)16-23-15-17-7-8-21-18(13-17)9-10-24-21/h4-10,13-14,22-24H,2-3,11-12,15-16H2,1H3/t22-/m0/s1. The average molecular weight is 349 g/mol. The number of nitrogens with zero attached hydrogens (tertiary/aromatic N) is 1. The highest BCUT2D eigenvalue weighted by molar-refractivity contribution is 5.79. The first kappa shape index (κ1) is 17.1. The number of hydrogen-bond acceptors (Lipinski definition) is 3. The predicted molar refractivity (Wildman–Crippen MR) is 107 cm³/mol. The zero-order valence-corrected chi connectivity index (χ0v) is 15.4. The Morgan fingerprint density at radius 3 is 2.85 bits per heavy atom. The van der Waals surface area contributed by atoms with Crippen LogP contribution in [0.15, 0.2) is 54.7 Å². The van der Waals surface area contributed by atoms with E-state index in [0.29, 0.717) is 6.04 Å². The number of aromatic nitrogens is 1. The van der Waals surface area contributed by atoms with Crippen molar-refractivity contribution < 1.29 is 4.74 Å². The van der Waals surface area contributed by atoms with Gasteiger partial charge in [0.1, 0.15) is 5.75 Å². The van der Waals surface area contributed by atoms with Crippen molar-refractivity contribution in [3.63, 3.8) is 0 Å². The Bertz CT molecular complexity index is 851. The summed E-state index contributed by atoms with van der Waals surface area (Å²) in [6.45, 7) is 4.19. The zero-order chi connectivity index (χ0) is 17.8. The van der Waals surface area contributed by atoms with Crippen LogP contribution < -0.4 is 10.1 Å². The van der Waals surface area contributed by atoms with Crippen molar-refractivity contribution in [1.82, 2.24) is 15.2 Å². The first-order chi connectivity index (χ1) is 12.8. The third-order valence-electron chi connectivity index (χ3n) is 5.34. The fourth-order valence-corrected chi connectivity index (χ4v) is 3.93. The topological polar surface area (TPSA) is 40.3 Å². The van der Waals surface area contributed by atoms with E-state index in [4.69, 9.17) is 4.74 Å². The lowest BCUT2D eigenvalue weighted by Gasteiger charge is -2.28. The molecule has 0 saturated carbocycles. The molecule has 0 spiro atoms. The summed E-state index contributed by atoms with van der Waals surface area (Å²) in [6, 6.07) is 17.6. The van der Waals surface area contributed by atoms with Crippen LogP contribution >= 0.6 is 0 Å². The summed E-state index contributed by atoms with van der Waals surface area (Å²) in [5, 5.41) is 4.95. The molecule has 1 aliphatic heterocycles. The van der Waals surface area contributed by atoms with E-state index in [9.17, 15) is 0 Å². The second-order valence-corrected chi connectivity index (χ2v) is 7.07. The van der Waals surface area contributed by atoms with Crippen LogP contribution in [0.3, 0.4) is 0 Å². The summed E-state index contributed by atoms with van der Waals surface area (Å²) in [4.78, 5) is 5.85. The van der Waals surface area contributed by atoms with E-state index in [-0.39, 0.29) is 0 Å². The molecule has 2 aromatic carbocycles. The van der Waals surface area contributed by atoms with Gasteiger partial charge in [-0.25, -0.2) is 0 Å². The molecule has 4 nitrogen and oxygen atoms in total. The van der Waals surface area contributed by atoms with Crippen LogP contribution in [0, 0.1) is 0 Å². The van der Waals surface area contributed by atoms with Gasteiger partial charge in [0.15, 0.2) is 0 Å². The predicted octanol–water partition coefficient (Wildman–Crippen LogP) is 4.10. The Morgan fingerprint density at radius 1 is 1.12 bits per heavy atom. The monoisotopic (exact) mass is 349 g/mol. The number of hydrogen-bond donors (Lipinski definition) is 2. The largest absolute Gasteiger partial charge is 0.497 e. The van der Waals surface area contributed by atoms with Crippen LogP contribution in [0.25, 0.3) is 10.9 Å². The van der Waals surface area contributed by atoms with E-state index >= 15 is 0 Å². The number of rotatable bonds is 7. The maximum absolute atomic E-state index is 5.43. The lowest BCUT2D eigenvalue weighted by Crippen LogP contribution is -2.34. The molecular weight excluding hydrogens is 322 g/mol. The third kappa shape index (κ3) is 3.76. The molecule has 1 fully saturated rings. The van der Waals surface area contributed by atoms with Gasteiger partial charge in [0.05, 0.1) is 7.11 Å². The molecule has 26 heavy (non-hydrogen) atoms. The summed E-state index contributed by atoms with van der Waals surface area (Å²) < 4.78 is 5.43.